The lowest BCUT2D eigenvalue weighted by atomic mass is 10.1. The number of carbonyl (C=O) groups excluding carboxylic acids is 1. The Balaban J connectivity index is 1.69. The van der Waals surface area contributed by atoms with Crippen LogP contribution in [-0.2, 0) is 4.74 Å². The third-order valence-corrected chi connectivity index (χ3v) is 5.97. The van der Waals surface area contributed by atoms with Crippen molar-refractivity contribution >= 4 is 23.4 Å². The fourth-order valence-corrected chi connectivity index (χ4v) is 4.35. The summed E-state index contributed by atoms with van der Waals surface area (Å²) in [6, 6.07) is 4.80. The van der Waals surface area contributed by atoms with E-state index in [1.165, 1.54) is 26.8 Å². The van der Waals surface area contributed by atoms with Crippen LogP contribution in [-0.4, -0.2) is 51.5 Å². The first-order valence-corrected chi connectivity index (χ1v) is 11.2. The smallest absolute Gasteiger partial charge is 0.337 e. The van der Waals surface area contributed by atoms with Gasteiger partial charge in [0.05, 0.1) is 31.7 Å². The summed E-state index contributed by atoms with van der Waals surface area (Å²) in [4.78, 5) is 22.8. The maximum absolute atomic E-state index is 11.9. The molecular formula is C23H28N6O5. The van der Waals surface area contributed by atoms with Crippen molar-refractivity contribution in [1.82, 2.24) is 20.2 Å². The summed E-state index contributed by atoms with van der Waals surface area (Å²) < 4.78 is 15.7. The number of anilines is 3. The molecule has 0 saturated heterocycles. The molecule has 180 valence electrons. The highest BCUT2D eigenvalue weighted by Gasteiger charge is 2.34. The van der Waals surface area contributed by atoms with Crippen molar-refractivity contribution in [2.45, 2.75) is 51.1 Å². The van der Waals surface area contributed by atoms with E-state index in [1.54, 1.807) is 18.2 Å². The predicted molar refractivity (Wildman–Crippen MR) is 123 cm³/mol. The van der Waals surface area contributed by atoms with E-state index in [4.69, 9.17) is 13.9 Å². The summed E-state index contributed by atoms with van der Waals surface area (Å²) in [5, 5.41) is 21.8. The lowest BCUT2D eigenvalue weighted by Gasteiger charge is -2.35. The van der Waals surface area contributed by atoms with Crippen LogP contribution >= 0.6 is 0 Å². The lowest BCUT2D eigenvalue weighted by Crippen LogP contribution is -2.38. The lowest BCUT2D eigenvalue weighted by molar-refractivity contribution is 0.0600. The van der Waals surface area contributed by atoms with Gasteiger partial charge in [-0.05, 0) is 37.5 Å². The van der Waals surface area contributed by atoms with Crippen LogP contribution in [0.3, 0.4) is 0 Å². The van der Waals surface area contributed by atoms with Gasteiger partial charge in [0, 0.05) is 6.04 Å². The number of rotatable bonds is 9. The highest BCUT2D eigenvalue weighted by molar-refractivity contribution is 5.91. The zero-order valence-electron chi connectivity index (χ0n) is 19.4. The topological polar surface area (TPSA) is 136 Å². The van der Waals surface area contributed by atoms with Gasteiger partial charge in [0.1, 0.15) is 11.8 Å². The molecule has 1 fully saturated rings. The summed E-state index contributed by atoms with van der Waals surface area (Å²) in [5.41, 5.74) is 0.915. The van der Waals surface area contributed by atoms with Crippen LogP contribution in [0.4, 0.5) is 17.5 Å². The third-order valence-electron chi connectivity index (χ3n) is 5.97. The number of esters is 1. The molecule has 0 amide bonds. The third kappa shape index (κ3) is 4.73. The number of methoxy groups -OCH3 is 2. The Kier molecular flexibility index (Phi) is 7.09. The summed E-state index contributed by atoms with van der Waals surface area (Å²) in [6.07, 6.45) is 7.50. The number of nitrogens with one attached hydrogen (secondary N) is 1. The largest absolute Gasteiger partial charge is 0.503 e. The van der Waals surface area contributed by atoms with Gasteiger partial charge in [-0.2, -0.15) is 4.98 Å². The van der Waals surface area contributed by atoms with Gasteiger partial charge < -0.3 is 29.2 Å². The minimum absolute atomic E-state index is 0.0385. The maximum Gasteiger partial charge on any atom is 0.337 e. The quantitative estimate of drug-likeness (QED) is 0.441. The van der Waals surface area contributed by atoms with Crippen LogP contribution in [0.5, 0.6) is 11.5 Å². The number of hydrogen-bond donors (Lipinski definition) is 2. The van der Waals surface area contributed by atoms with Gasteiger partial charge in [-0.1, -0.05) is 19.8 Å². The van der Waals surface area contributed by atoms with E-state index in [1.807, 2.05) is 6.92 Å². The molecule has 4 rings (SSSR count). The molecule has 2 heterocycles. The normalized spacial score (nSPS) is 14.6. The molecular weight excluding hydrogens is 440 g/mol. The average Bonchev–Trinajstić information content (AvgIpc) is 3.58. The Morgan fingerprint density at radius 1 is 1.32 bits per heavy atom. The number of carbonyl (C=O) groups is 1. The van der Waals surface area contributed by atoms with E-state index in [-0.39, 0.29) is 23.8 Å². The van der Waals surface area contributed by atoms with Crippen LogP contribution < -0.4 is 15.0 Å². The number of ether oxygens (including phenoxy) is 2. The second-order valence-corrected chi connectivity index (χ2v) is 7.98. The van der Waals surface area contributed by atoms with Gasteiger partial charge in [0.25, 0.3) is 0 Å². The van der Waals surface area contributed by atoms with Crippen LogP contribution in [0.25, 0.3) is 0 Å². The van der Waals surface area contributed by atoms with E-state index in [2.05, 4.69) is 30.4 Å². The zero-order chi connectivity index (χ0) is 24.1. The van der Waals surface area contributed by atoms with Crippen LogP contribution in [0.15, 0.2) is 35.2 Å². The molecule has 0 bridgehead atoms. The first kappa shape index (κ1) is 23.3. The molecule has 2 N–H and O–H groups in total. The van der Waals surface area contributed by atoms with Gasteiger partial charge >= 0.3 is 5.97 Å². The van der Waals surface area contributed by atoms with Gasteiger partial charge in [-0.25, -0.2) is 9.78 Å². The molecule has 1 aliphatic rings. The van der Waals surface area contributed by atoms with Crippen molar-refractivity contribution in [2.24, 2.45) is 0 Å². The Bertz CT molecular complexity index is 1120. The molecule has 3 aromatic rings. The van der Waals surface area contributed by atoms with E-state index < -0.39 is 5.97 Å². The molecule has 2 aromatic heterocycles. The van der Waals surface area contributed by atoms with Crippen molar-refractivity contribution in [3.05, 3.63) is 42.2 Å². The molecule has 34 heavy (non-hydrogen) atoms. The van der Waals surface area contributed by atoms with Crippen molar-refractivity contribution in [3.8, 4) is 11.5 Å². The van der Waals surface area contributed by atoms with Gasteiger partial charge in [-0.3, -0.25) is 0 Å². The van der Waals surface area contributed by atoms with Crippen molar-refractivity contribution in [1.29, 1.82) is 0 Å². The van der Waals surface area contributed by atoms with Crippen molar-refractivity contribution < 1.29 is 23.8 Å². The Morgan fingerprint density at radius 3 is 2.76 bits per heavy atom. The Hall–Kier alpha value is -3.89. The summed E-state index contributed by atoms with van der Waals surface area (Å²) >= 11 is 0. The monoisotopic (exact) mass is 468 g/mol. The van der Waals surface area contributed by atoms with E-state index in [9.17, 15) is 9.90 Å². The number of nitrogens with zero attached hydrogens (tertiary/aromatic N) is 5. The molecule has 1 atom stereocenters. The second-order valence-electron chi connectivity index (χ2n) is 7.98. The zero-order valence-corrected chi connectivity index (χ0v) is 19.4. The molecule has 0 unspecified atom stereocenters. The van der Waals surface area contributed by atoms with Crippen LogP contribution in [0.1, 0.15) is 61.3 Å². The van der Waals surface area contributed by atoms with Gasteiger partial charge in [0.2, 0.25) is 18.2 Å². The molecule has 0 radical (unpaired) electrons. The summed E-state index contributed by atoms with van der Waals surface area (Å²) in [6.45, 7) is 2.03. The molecule has 0 aliphatic heterocycles. The molecule has 1 aromatic carbocycles. The number of hydrogen-bond acceptors (Lipinski definition) is 11. The number of benzene rings is 1. The summed E-state index contributed by atoms with van der Waals surface area (Å²) in [5.74, 6) is 1.04. The minimum Gasteiger partial charge on any atom is -0.503 e. The number of aromatic hydroxyl groups is 1. The van der Waals surface area contributed by atoms with Crippen LogP contribution in [0.2, 0.25) is 0 Å². The fourth-order valence-electron chi connectivity index (χ4n) is 4.35. The standard InChI is InChI=1S/C23H28N6O5/c1-4-17(21-28-25-13-34-21)29(15-7-5-6-8-15)20-18(30)12-24-23(27-20)26-16-10-9-14(22(31)33-3)11-19(16)32-2/h9-13,15,17,30H,4-8H2,1-3H3,(H,24,26,27)/t17-/m1/s1. The summed E-state index contributed by atoms with van der Waals surface area (Å²) in [7, 11) is 2.82. The first-order chi connectivity index (χ1) is 16.5. The minimum atomic E-state index is -0.466. The maximum atomic E-state index is 11.9. The van der Waals surface area contributed by atoms with Crippen LogP contribution in [0, 0.1) is 0 Å². The highest BCUT2D eigenvalue weighted by Crippen LogP contribution is 2.40. The molecule has 11 heteroatoms. The molecule has 11 nitrogen and oxygen atoms in total. The first-order valence-electron chi connectivity index (χ1n) is 11.2. The predicted octanol–water partition coefficient (Wildman–Crippen LogP) is 4.00. The molecule has 1 saturated carbocycles. The second kappa shape index (κ2) is 10.4. The van der Waals surface area contributed by atoms with Gasteiger partial charge in [0.15, 0.2) is 11.6 Å². The Morgan fingerprint density at radius 2 is 2.12 bits per heavy atom. The average molecular weight is 469 g/mol. The molecule has 1 aliphatic carbocycles. The van der Waals surface area contributed by atoms with E-state index >= 15 is 0 Å². The van der Waals surface area contributed by atoms with Crippen molar-refractivity contribution in [3.63, 3.8) is 0 Å². The van der Waals surface area contributed by atoms with Gasteiger partial charge in [-0.15, -0.1) is 10.2 Å². The van der Waals surface area contributed by atoms with Crippen molar-refractivity contribution in [2.75, 3.05) is 24.4 Å². The Labute approximate surface area is 197 Å². The fraction of sp³-hybridized carbons (Fsp3) is 0.435. The molecule has 0 spiro atoms. The van der Waals surface area contributed by atoms with E-state index in [0.717, 1.165) is 25.7 Å². The number of aromatic nitrogens is 4. The van der Waals surface area contributed by atoms with E-state index in [0.29, 0.717) is 35.1 Å². The highest BCUT2D eigenvalue weighted by atomic mass is 16.5. The SMILES string of the molecule is CC[C@H](c1nnco1)N(c1nc(Nc2ccc(C(=O)OC)cc2OC)ncc1O)C1CCCC1.